The Morgan fingerprint density at radius 2 is 1.70 bits per heavy atom. The van der Waals surface area contributed by atoms with E-state index >= 15 is 0 Å². The van der Waals surface area contributed by atoms with Gasteiger partial charge < -0.3 is 10.1 Å². The maximum Gasteiger partial charge on any atom is 0.261 e. The van der Waals surface area contributed by atoms with Crippen molar-refractivity contribution < 1.29 is 19.1 Å². The Hall–Kier alpha value is -3.93. The number of hydrogen-bond donors (Lipinski definition) is 1. The summed E-state index contributed by atoms with van der Waals surface area (Å²) in [4.78, 5) is 37.9. The lowest BCUT2D eigenvalue weighted by Crippen LogP contribution is -2.24. The van der Waals surface area contributed by atoms with Crippen molar-refractivity contribution in [2.45, 2.75) is 13.5 Å². The van der Waals surface area contributed by atoms with Crippen LogP contribution in [0.3, 0.4) is 0 Å². The Bertz CT molecular complexity index is 1170. The molecule has 6 nitrogen and oxygen atoms in total. The number of carbonyl (C=O) groups excluding carboxylic acids is 3. The molecule has 6 heteroatoms. The minimum atomic E-state index is -0.377. The summed E-state index contributed by atoms with van der Waals surface area (Å²) in [6.07, 6.45) is 0. The molecule has 0 unspecified atom stereocenters. The van der Waals surface area contributed by atoms with E-state index in [1.807, 2.05) is 31.2 Å². The van der Waals surface area contributed by atoms with Crippen molar-refractivity contribution in [3.8, 4) is 5.75 Å². The monoisotopic (exact) mass is 400 g/mol. The standard InChI is InChI=1S/C24H20N2O4/c1-15-5-3-6-16(11-15)14-30-19-8-4-7-17(12-19)22(27)25-18-9-10-20-21(13-18)24(29)26(2)23(20)28/h3-13H,14H2,1-2H3,(H,25,27). The van der Waals surface area contributed by atoms with Crippen molar-refractivity contribution in [3.63, 3.8) is 0 Å². The van der Waals surface area contributed by atoms with Gasteiger partial charge in [0.25, 0.3) is 17.7 Å². The molecule has 1 aliphatic rings. The quantitative estimate of drug-likeness (QED) is 0.656. The number of imide groups is 1. The van der Waals surface area contributed by atoms with Crippen LogP contribution in [-0.4, -0.2) is 29.7 Å². The first-order valence-corrected chi connectivity index (χ1v) is 9.48. The Kier molecular flexibility index (Phi) is 5.06. The number of fused-ring (bicyclic) bond motifs is 1. The number of rotatable bonds is 5. The van der Waals surface area contributed by atoms with Crippen LogP contribution in [0.4, 0.5) is 5.69 Å². The summed E-state index contributed by atoms with van der Waals surface area (Å²) in [6.45, 7) is 2.43. The molecule has 0 saturated heterocycles. The predicted molar refractivity (Wildman–Crippen MR) is 113 cm³/mol. The van der Waals surface area contributed by atoms with Gasteiger partial charge in [0.1, 0.15) is 12.4 Å². The maximum absolute atomic E-state index is 12.7. The first kappa shape index (κ1) is 19.4. The average Bonchev–Trinajstić information content (AvgIpc) is 2.96. The molecule has 0 aromatic heterocycles. The normalized spacial score (nSPS) is 12.7. The lowest BCUT2D eigenvalue weighted by Gasteiger charge is -2.10. The highest BCUT2D eigenvalue weighted by Crippen LogP contribution is 2.25. The van der Waals surface area contributed by atoms with Crippen LogP contribution in [0.2, 0.25) is 0 Å². The van der Waals surface area contributed by atoms with Crippen LogP contribution < -0.4 is 10.1 Å². The molecule has 150 valence electrons. The molecule has 3 aromatic rings. The van der Waals surface area contributed by atoms with Crippen LogP contribution >= 0.6 is 0 Å². The lowest BCUT2D eigenvalue weighted by molar-refractivity contribution is 0.0692. The van der Waals surface area contributed by atoms with E-state index in [0.29, 0.717) is 29.2 Å². The maximum atomic E-state index is 12.7. The summed E-state index contributed by atoms with van der Waals surface area (Å²) in [5.74, 6) is -0.467. The second-order valence-electron chi connectivity index (χ2n) is 7.19. The van der Waals surface area contributed by atoms with E-state index in [1.54, 1.807) is 36.4 Å². The van der Waals surface area contributed by atoms with Gasteiger partial charge in [0.2, 0.25) is 0 Å². The molecular formula is C24H20N2O4. The molecule has 1 aliphatic heterocycles. The van der Waals surface area contributed by atoms with E-state index in [1.165, 1.54) is 13.1 Å². The number of amides is 3. The third-order valence-corrected chi connectivity index (χ3v) is 4.93. The molecule has 3 amide bonds. The van der Waals surface area contributed by atoms with Crippen LogP contribution in [0.25, 0.3) is 0 Å². The summed E-state index contributed by atoms with van der Waals surface area (Å²) in [5.41, 5.74) is 3.71. The van der Waals surface area contributed by atoms with Crippen molar-refractivity contribution in [2.24, 2.45) is 0 Å². The third kappa shape index (κ3) is 3.80. The van der Waals surface area contributed by atoms with E-state index in [2.05, 4.69) is 5.32 Å². The number of nitrogens with one attached hydrogen (secondary N) is 1. The fourth-order valence-electron chi connectivity index (χ4n) is 3.34. The van der Waals surface area contributed by atoms with E-state index in [-0.39, 0.29) is 23.3 Å². The van der Waals surface area contributed by atoms with Gasteiger partial charge in [-0.05, 0) is 48.9 Å². The zero-order chi connectivity index (χ0) is 21.3. The van der Waals surface area contributed by atoms with Gasteiger partial charge in [-0.15, -0.1) is 0 Å². The Balaban J connectivity index is 1.46. The molecule has 0 atom stereocenters. The largest absolute Gasteiger partial charge is 0.489 e. The molecule has 4 rings (SSSR count). The summed E-state index contributed by atoms with van der Waals surface area (Å²) in [6, 6.07) is 19.6. The second-order valence-corrected chi connectivity index (χ2v) is 7.19. The number of ether oxygens (including phenoxy) is 1. The van der Waals surface area contributed by atoms with Gasteiger partial charge in [-0.3, -0.25) is 19.3 Å². The molecule has 0 bridgehead atoms. The number of benzene rings is 3. The number of aryl methyl sites for hydroxylation is 1. The highest BCUT2D eigenvalue weighted by Gasteiger charge is 2.32. The van der Waals surface area contributed by atoms with E-state index in [0.717, 1.165) is 16.0 Å². The molecule has 0 spiro atoms. The van der Waals surface area contributed by atoms with Crippen molar-refractivity contribution in [3.05, 3.63) is 94.5 Å². The number of carbonyl (C=O) groups is 3. The summed E-state index contributed by atoms with van der Waals surface area (Å²) >= 11 is 0. The Morgan fingerprint density at radius 3 is 2.50 bits per heavy atom. The molecule has 30 heavy (non-hydrogen) atoms. The van der Waals surface area contributed by atoms with Crippen LogP contribution in [0.15, 0.2) is 66.7 Å². The van der Waals surface area contributed by atoms with Gasteiger partial charge in [0.15, 0.2) is 0 Å². The third-order valence-electron chi connectivity index (χ3n) is 4.93. The van der Waals surface area contributed by atoms with Crippen molar-refractivity contribution in [1.29, 1.82) is 0 Å². The predicted octanol–water partition coefficient (Wildman–Crippen LogP) is 4.05. The van der Waals surface area contributed by atoms with E-state index < -0.39 is 0 Å². The molecule has 0 saturated carbocycles. The lowest BCUT2D eigenvalue weighted by atomic mass is 10.1. The fraction of sp³-hybridized carbons (Fsp3) is 0.125. The van der Waals surface area contributed by atoms with Crippen LogP contribution in [0, 0.1) is 6.92 Å². The summed E-state index contributed by atoms with van der Waals surface area (Å²) < 4.78 is 5.82. The first-order chi connectivity index (χ1) is 14.4. The summed E-state index contributed by atoms with van der Waals surface area (Å²) in [5, 5.41) is 2.77. The number of anilines is 1. The number of hydrogen-bond acceptors (Lipinski definition) is 4. The molecule has 0 aliphatic carbocycles. The zero-order valence-corrected chi connectivity index (χ0v) is 16.6. The molecule has 1 N–H and O–H groups in total. The summed E-state index contributed by atoms with van der Waals surface area (Å²) in [7, 11) is 1.44. The second kappa shape index (κ2) is 7.83. The van der Waals surface area contributed by atoms with Crippen LogP contribution in [-0.2, 0) is 6.61 Å². The molecule has 3 aromatic carbocycles. The van der Waals surface area contributed by atoms with Gasteiger partial charge in [-0.2, -0.15) is 0 Å². The molecule has 0 fully saturated rings. The topological polar surface area (TPSA) is 75.7 Å². The van der Waals surface area contributed by atoms with Gasteiger partial charge in [0.05, 0.1) is 11.1 Å². The SMILES string of the molecule is Cc1cccc(COc2cccc(C(=O)Nc3ccc4c(c3)C(=O)N(C)C4=O)c2)c1. The van der Waals surface area contributed by atoms with Crippen LogP contribution in [0.1, 0.15) is 42.2 Å². The number of nitrogens with zero attached hydrogens (tertiary/aromatic N) is 1. The highest BCUT2D eigenvalue weighted by atomic mass is 16.5. The molecule has 1 heterocycles. The van der Waals surface area contributed by atoms with Gasteiger partial charge in [-0.1, -0.05) is 35.9 Å². The Labute approximate surface area is 174 Å². The Morgan fingerprint density at radius 1 is 0.933 bits per heavy atom. The minimum absolute atomic E-state index is 0.288. The molecular weight excluding hydrogens is 380 g/mol. The first-order valence-electron chi connectivity index (χ1n) is 9.48. The van der Waals surface area contributed by atoms with Crippen molar-refractivity contribution in [1.82, 2.24) is 4.90 Å². The van der Waals surface area contributed by atoms with Gasteiger partial charge in [-0.25, -0.2) is 0 Å². The van der Waals surface area contributed by atoms with E-state index in [9.17, 15) is 14.4 Å². The highest BCUT2D eigenvalue weighted by molar-refractivity contribution is 6.21. The zero-order valence-electron chi connectivity index (χ0n) is 16.6. The average molecular weight is 400 g/mol. The van der Waals surface area contributed by atoms with Gasteiger partial charge in [0, 0.05) is 18.3 Å². The van der Waals surface area contributed by atoms with Crippen LogP contribution in [0.5, 0.6) is 5.75 Å². The van der Waals surface area contributed by atoms with Crippen molar-refractivity contribution in [2.75, 3.05) is 12.4 Å². The fourth-order valence-corrected chi connectivity index (χ4v) is 3.34. The van der Waals surface area contributed by atoms with E-state index in [4.69, 9.17) is 4.74 Å². The van der Waals surface area contributed by atoms with Gasteiger partial charge >= 0.3 is 0 Å². The van der Waals surface area contributed by atoms with Crippen molar-refractivity contribution >= 4 is 23.4 Å². The minimum Gasteiger partial charge on any atom is -0.489 e. The molecule has 0 radical (unpaired) electrons. The smallest absolute Gasteiger partial charge is 0.261 e.